The molecule has 0 atom stereocenters. The summed E-state index contributed by atoms with van der Waals surface area (Å²) >= 11 is 0. The summed E-state index contributed by atoms with van der Waals surface area (Å²) in [6, 6.07) is 11.3. The lowest BCUT2D eigenvalue weighted by molar-refractivity contribution is 0.415. The third-order valence-corrected chi connectivity index (χ3v) is 4.26. The van der Waals surface area contributed by atoms with Crippen LogP contribution in [-0.4, -0.2) is 38.6 Å². The van der Waals surface area contributed by atoms with E-state index in [2.05, 4.69) is 25.5 Å². The van der Waals surface area contributed by atoms with Crippen LogP contribution in [0, 0.1) is 0 Å². The first kappa shape index (κ1) is 17.7. The molecule has 0 saturated carbocycles. The largest absolute Gasteiger partial charge is 0.497 e. The van der Waals surface area contributed by atoms with Crippen molar-refractivity contribution in [3.05, 3.63) is 60.6 Å². The van der Waals surface area contributed by atoms with E-state index in [-0.39, 0.29) is 0 Å². The van der Waals surface area contributed by atoms with Crippen molar-refractivity contribution in [1.82, 2.24) is 24.9 Å². The fourth-order valence-electron chi connectivity index (χ4n) is 2.76. The Balaban J connectivity index is 1.38. The molecule has 0 bridgehead atoms. The number of anilines is 1. The van der Waals surface area contributed by atoms with Crippen molar-refractivity contribution in [2.45, 2.75) is 6.42 Å². The first-order valence-electron chi connectivity index (χ1n) is 8.87. The van der Waals surface area contributed by atoms with Crippen molar-refractivity contribution in [2.75, 3.05) is 19.0 Å². The number of rotatable bonds is 7. The van der Waals surface area contributed by atoms with Gasteiger partial charge in [-0.15, -0.1) is 0 Å². The van der Waals surface area contributed by atoms with Crippen LogP contribution >= 0.6 is 0 Å². The highest BCUT2D eigenvalue weighted by Gasteiger charge is 2.11. The van der Waals surface area contributed by atoms with Crippen LogP contribution in [0.1, 0.15) is 5.56 Å². The molecule has 0 aliphatic heterocycles. The maximum atomic E-state index is 5.38. The molecule has 0 fully saturated rings. The summed E-state index contributed by atoms with van der Waals surface area (Å²) in [5.74, 6) is 2.53. The first-order valence-corrected chi connectivity index (χ1v) is 8.87. The number of aryl methyl sites for hydroxylation is 1. The molecular weight excluding hydrogens is 356 g/mol. The number of nitrogens with one attached hydrogen (secondary N) is 1. The Morgan fingerprint density at radius 3 is 2.57 bits per heavy atom. The highest BCUT2D eigenvalue weighted by molar-refractivity contribution is 5.60. The van der Waals surface area contributed by atoms with Crippen LogP contribution in [0.3, 0.4) is 0 Å². The Labute approximate surface area is 162 Å². The molecule has 0 aliphatic carbocycles. The van der Waals surface area contributed by atoms with Gasteiger partial charge in [0, 0.05) is 31.5 Å². The monoisotopic (exact) mass is 376 g/mol. The Hall–Kier alpha value is -3.68. The zero-order chi connectivity index (χ0) is 19.3. The minimum atomic E-state index is 0.431. The van der Waals surface area contributed by atoms with Crippen LogP contribution < -0.4 is 10.1 Å². The molecule has 0 unspecified atom stereocenters. The average Bonchev–Trinajstić information content (AvgIpc) is 3.38. The molecule has 0 spiro atoms. The van der Waals surface area contributed by atoms with Crippen molar-refractivity contribution < 1.29 is 9.26 Å². The zero-order valence-corrected chi connectivity index (χ0v) is 15.7. The normalized spacial score (nSPS) is 10.8. The average molecular weight is 376 g/mol. The van der Waals surface area contributed by atoms with Gasteiger partial charge in [-0.05, 0) is 48.4 Å². The van der Waals surface area contributed by atoms with Crippen LogP contribution in [0.2, 0.25) is 0 Å². The number of hydrogen-bond donors (Lipinski definition) is 1. The Kier molecular flexibility index (Phi) is 5.01. The molecule has 3 aromatic heterocycles. The van der Waals surface area contributed by atoms with Crippen LogP contribution in [0.5, 0.6) is 5.75 Å². The number of hydrogen-bond acceptors (Lipinski definition) is 7. The molecule has 4 aromatic rings. The molecule has 1 N–H and O–H groups in total. The van der Waals surface area contributed by atoms with Gasteiger partial charge in [-0.1, -0.05) is 5.16 Å². The SMILES string of the molecule is COc1ccc(-c2noc(-c3ccc(NCCc4cnn(C)c4)nc3)n2)cc1. The van der Waals surface area contributed by atoms with Gasteiger partial charge >= 0.3 is 0 Å². The molecule has 0 aliphatic rings. The van der Waals surface area contributed by atoms with Crippen molar-refractivity contribution in [1.29, 1.82) is 0 Å². The second-order valence-electron chi connectivity index (χ2n) is 6.28. The molecular formula is C20H20N6O2. The molecule has 0 saturated heterocycles. The predicted octanol–water partition coefficient (Wildman–Crippen LogP) is 3.20. The molecule has 8 heteroatoms. The summed E-state index contributed by atoms with van der Waals surface area (Å²) in [7, 11) is 3.54. The van der Waals surface area contributed by atoms with Crippen LogP contribution in [-0.2, 0) is 13.5 Å². The topological polar surface area (TPSA) is 90.9 Å². The minimum Gasteiger partial charge on any atom is -0.497 e. The van der Waals surface area contributed by atoms with Crippen LogP contribution in [0.15, 0.2) is 59.5 Å². The lowest BCUT2D eigenvalue weighted by Gasteiger charge is -2.04. The van der Waals surface area contributed by atoms with Gasteiger partial charge in [0.2, 0.25) is 5.82 Å². The molecule has 8 nitrogen and oxygen atoms in total. The zero-order valence-electron chi connectivity index (χ0n) is 15.7. The van der Waals surface area contributed by atoms with Crippen molar-refractivity contribution >= 4 is 5.82 Å². The third-order valence-electron chi connectivity index (χ3n) is 4.26. The Morgan fingerprint density at radius 1 is 1.07 bits per heavy atom. The summed E-state index contributed by atoms with van der Waals surface area (Å²) in [5.41, 5.74) is 2.81. The fourth-order valence-corrected chi connectivity index (χ4v) is 2.76. The maximum Gasteiger partial charge on any atom is 0.259 e. The van der Waals surface area contributed by atoms with E-state index in [9.17, 15) is 0 Å². The standard InChI is InChI=1S/C20H20N6O2/c1-26-13-14(11-23-26)9-10-21-18-8-5-16(12-22-18)20-24-19(25-28-20)15-3-6-17(27-2)7-4-15/h3-8,11-13H,9-10H2,1-2H3,(H,21,22). The van der Waals surface area contributed by atoms with E-state index >= 15 is 0 Å². The Morgan fingerprint density at radius 2 is 1.89 bits per heavy atom. The van der Waals surface area contributed by atoms with Gasteiger partial charge in [-0.2, -0.15) is 10.1 Å². The van der Waals surface area contributed by atoms with Gasteiger partial charge in [-0.3, -0.25) is 4.68 Å². The number of pyridine rings is 1. The highest BCUT2D eigenvalue weighted by atomic mass is 16.5. The summed E-state index contributed by atoms with van der Waals surface area (Å²) in [6.07, 6.45) is 6.48. The summed E-state index contributed by atoms with van der Waals surface area (Å²) in [4.78, 5) is 8.87. The summed E-state index contributed by atoms with van der Waals surface area (Å²) in [6.45, 7) is 0.778. The molecule has 142 valence electrons. The second-order valence-corrected chi connectivity index (χ2v) is 6.28. The van der Waals surface area contributed by atoms with E-state index in [1.54, 1.807) is 18.0 Å². The highest BCUT2D eigenvalue weighted by Crippen LogP contribution is 2.24. The number of ether oxygens (including phenoxy) is 1. The fraction of sp³-hybridized carbons (Fsp3) is 0.200. The molecule has 3 heterocycles. The lowest BCUT2D eigenvalue weighted by atomic mass is 10.2. The number of nitrogens with zero attached hydrogens (tertiary/aromatic N) is 5. The second kappa shape index (κ2) is 7.91. The molecule has 0 radical (unpaired) electrons. The molecule has 4 rings (SSSR count). The lowest BCUT2D eigenvalue weighted by Crippen LogP contribution is -2.05. The van der Waals surface area contributed by atoms with E-state index in [1.807, 2.05) is 55.8 Å². The van der Waals surface area contributed by atoms with Crippen LogP contribution in [0.4, 0.5) is 5.82 Å². The molecule has 1 aromatic carbocycles. The van der Waals surface area contributed by atoms with Gasteiger partial charge in [0.05, 0.1) is 18.9 Å². The summed E-state index contributed by atoms with van der Waals surface area (Å²) in [5, 5.41) is 11.5. The van der Waals surface area contributed by atoms with E-state index in [0.29, 0.717) is 11.7 Å². The quantitative estimate of drug-likeness (QED) is 0.530. The van der Waals surface area contributed by atoms with E-state index in [0.717, 1.165) is 35.7 Å². The van der Waals surface area contributed by atoms with Gasteiger partial charge in [0.25, 0.3) is 5.89 Å². The van der Waals surface area contributed by atoms with E-state index in [1.165, 1.54) is 5.56 Å². The van der Waals surface area contributed by atoms with Crippen molar-refractivity contribution in [3.8, 4) is 28.6 Å². The minimum absolute atomic E-state index is 0.431. The van der Waals surface area contributed by atoms with Crippen LogP contribution in [0.25, 0.3) is 22.8 Å². The Bertz CT molecular complexity index is 1040. The third kappa shape index (κ3) is 4.01. The predicted molar refractivity (Wildman–Crippen MR) is 105 cm³/mol. The van der Waals surface area contributed by atoms with Crippen molar-refractivity contribution in [2.24, 2.45) is 7.05 Å². The van der Waals surface area contributed by atoms with Gasteiger partial charge in [-0.25, -0.2) is 4.98 Å². The van der Waals surface area contributed by atoms with Crippen molar-refractivity contribution in [3.63, 3.8) is 0 Å². The van der Waals surface area contributed by atoms with Gasteiger partial charge in [0.15, 0.2) is 0 Å². The number of methoxy groups -OCH3 is 1. The summed E-state index contributed by atoms with van der Waals surface area (Å²) < 4.78 is 12.3. The van der Waals surface area contributed by atoms with Gasteiger partial charge < -0.3 is 14.6 Å². The van der Waals surface area contributed by atoms with E-state index in [4.69, 9.17) is 9.26 Å². The molecule has 0 amide bonds. The smallest absolute Gasteiger partial charge is 0.259 e. The van der Waals surface area contributed by atoms with E-state index < -0.39 is 0 Å². The number of benzene rings is 1. The van der Waals surface area contributed by atoms with Gasteiger partial charge in [0.1, 0.15) is 11.6 Å². The number of aromatic nitrogens is 5. The molecule has 28 heavy (non-hydrogen) atoms. The maximum absolute atomic E-state index is 5.38. The first-order chi connectivity index (χ1) is 13.7.